The fourth-order valence-electron chi connectivity index (χ4n) is 0.995. The molecule has 70 valence electrons. The standard InChI is InChI=1S/C8H9NO4/c1-2-4-3-5(10)6(8(12)13)7(11)9-4/h3H,2H2,1H3,(H,12,13)(H2,9,10,11). The van der Waals surface area contributed by atoms with Crippen LogP contribution >= 0.6 is 0 Å². The Labute approximate surface area is 73.7 Å². The van der Waals surface area contributed by atoms with Crippen molar-refractivity contribution in [2.24, 2.45) is 0 Å². The molecule has 0 aliphatic carbocycles. The summed E-state index contributed by atoms with van der Waals surface area (Å²) < 4.78 is 0. The number of carbonyl (C=O) groups is 1. The highest BCUT2D eigenvalue weighted by Crippen LogP contribution is 2.12. The average molecular weight is 183 g/mol. The van der Waals surface area contributed by atoms with Crippen molar-refractivity contribution in [3.8, 4) is 5.75 Å². The van der Waals surface area contributed by atoms with Crippen molar-refractivity contribution in [2.45, 2.75) is 13.3 Å². The van der Waals surface area contributed by atoms with Gasteiger partial charge < -0.3 is 15.2 Å². The van der Waals surface area contributed by atoms with E-state index < -0.39 is 22.8 Å². The van der Waals surface area contributed by atoms with Crippen molar-refractivity contribution in [1.82, 2.24) is 4.98 Å². The first kappa shape index (κ1) is 9.31. The maximum Gasteiger partial charge on any atom is 0.345 e. The van der Waals surface area contributed by atoms with Gasteiger partial charge in [0.2, 0.25) is 0 Å². The summed E-state index contributed by atoms with van der Waals surface area (Å²) in [6.07, 6.45) is 0.530. The van der Waals surface area contributed by atoms with Gasteiger partial charge in [0.15, 0.2) is 5.56 Å². The monoisotopic (exact) mass is 183 g/mol. The minimum atomic E-state index is -1.43. The molecule has 1 aromatic rings. The van der Waals surface area contributed by atoms with E-state index in [-0.39, 0.29) is 0 Å². The van der Waals surface area contributed by atoms with Gasteiger partial charge in [-0.05, 0) is 6.42 Å². The van der Waals surface area contributed by atoms with Crippen molar-refractivity contribution < 1.29 is 15.0 Å². The highest BCUT2D eigenvalue weighted by Gasteiger charge is 2.14. The number of carboxylic acids is 1. The van der Waals surface area contributed by atoms with Crippen LogP contribution in [0.5, 0.6) is 5.75 Å². The molecule has 0 aliphatic heterocycles. The van der Waals surface area contributed by atoms with Gasteiger partial charge in [-0.25, -0.2) is 4.79 Å². The molecule has 1 heterocycles. The van der Waals surface area contributed by atoms with Crippen LogP contribution in [0.3, 0.4) is 0 Å². The molecule has 3 N–H and O–H groups in total. The molecule has 0 saturated heterocycles. The van der Waals surface area contributed by atoms with E-state index in [1.54, 1.807) is 6.92 Å². The molecule has 0 saturated carbocycles. The Morgan fingerprint density at radius 2 is 2.23 bits per heavy atom. The molecule has 0 atom stereocenters. The molecule has 0 aliphatic rings. The van der Waals surface area contributed by atoms with Crippen molar-refractivity contribution in [3.05, 3.63) is 27.7 Å². The lowest BCUT2D eigenvalue weighted by molar-refractivity contribution is 0.0691. The number of carboxylic acid groups (broad SMARTS) is 1. The largest absolute Gasteiger partial charge is 0.507 e. The van der Waals surface area contributed by atoms with E-state index in [1.807, 2.05) is 0 Å². The van der Waals surface area contributed by atoms with E-state index in [2.05, 4.69) is 4.98 Å². The maximum absolute atomic E-state index is 11.1. The fraction of sp³-hybridized carbons (Fsp3) is 0.250. The molecular weight excluding hydrogens is 174 g/mol. The molecule has 0 fully saturated rings. The minimum Gasteiger partial charge on any atom is -0.507 e. The zero-order chi connectivity index (χ0) is 10.0. The third-order valence-corrected chi connectivity index (χ3v) is 1.66. The van der Waals surface area contributed by atoms with Crippen LogP contribution in [0.2, 0.25) is 0 Å². The van der Waals surface area contributed by atoms with Gasteiger partial charge in [-0.1, -0.05) is 6.92 Å². The number of hydrogen-bond acceptors (Lipinski definition) is 3. The smallest absolute Gasteiger partial charge is 0.345 e. The molecular formula is C8H9NO4. The van der Waals surface area contributed by atoms with Gasteiger partial charge in [-0.3, -0.25) is 4.79 Å². The number of H-pyrrole nitrogens is 1. The number of nitrogens with one attached hydrogen (secondary N) is 1. The van der Waals surface area contributed by atoms with Gasteiger partial charge in [0.1, 0.15) is 5.75 Å². The average Bonchev–Trinajstić information content (AvgIpc) is 2.02. The van der Waals surface area contributed by atoms with E-state index >= 15 is 0 Å². The summed E-state index contributed by atoms with van der Waals surface area (Å²) in [4.78, 5) is 23.9. The van der Waals surface area contributed by atoms with Crippen molar-refractivity contribution >= 4 is 5.97 Å². The molecule has 0 bridgehead atoms. The number of pyridine rings is 1. The number of aromatic hydroxyl groups is 1. The molecule has 0 spiro atoms. The quantitative estimate of drug-likeness (QED) is 0.616. The second-order valence-corrected chi connectivity index (χ2v) is 2.54. The molecule has 0 unspecified atom stereocenters. The summed E-state index contributed by atoms with van der Waals surface area (Å²) in [5.74, 6) is -1.92. The third kappa shape index (κ3) is 1.69. The summed E-state index contributed by atoms with van der Waals surface area (Å²) in [7, 11) is 0. The maximum atomic E-state index is 11.1. The second kappa shape index (κ2) is 3.30. The molecule has 0 radical (unpaired) electrons. The van der Waals surface area contributed by atoms with Gasteiger partial charge in [0.05, 0.1) is 0 Å². The summed E-state index contributed by atoms with van der Waals surface area (Å²) >= 11 is 0. The normalized spacial score (nSPS) is 9.92. The molecule has 0 amide bonds. The van der Waals surface area contributed by atoms with Crippen LogP contribution in [0, 0.1) is 0 Å². The number of aromatic carboxylic acids is 1. The van der Waals surface area contributed by atoms with Crippen molar-refractivity contribution in [3.63, 3.8) is 0 Å². The zero-order valence-corrected chi connectivity index (χ0v) is 7.00. The number of aromatic amines is 1. The fourth-order valence-corrected chi connectivity index (χ4v) is 0.995. The zero-order valence-electron chi connectivity index (χ0n) is 7.00. The van der Waals surface area contributed by atoms with Crippen LogP contribution in [-0.4, -0.2) is 21.2 Å². The Balaban J connectivity index is 3.40. The van der Waals surface area contributed by atoms with Crippen LogP contribution in [0.4, 0.5) is 0 Å². The number of aromatic nitrogens is 1. The Morgan fingerprint density at radius 3 is 2.62 bits per heavy atom. The highest BCUT2D eigenvalue weighted by molar-refractivity contribution is 5.90. The number of rotatable bonds is 2. The van der Waals surface area contributed by atoms with Gasteiger partial charge in [0, 0.05) is 11.8 Å². The van der Waals surface area contributed by atoms with Crippen molar-refractivity contribution in [2.75, 3.05) is 0 Å². The van der Waals surface area contributed by atoms with Crippen LogP contribution in [0.25, 0.3) is 0 Å². The van der Waals surface area contributed by atoms with E-state index in [0.29, 0.717) is 12.1 Å². The molecule has 1 rings (SSSR count). The summed E-state index contributed by atoms with van der Waals surface area (Å²) in [6.45, 7) is 1.78. The first-order chi connectivity index (χ1) is 6.06. The Hall–Kier alpha value is -1.78. The molecule has 0 aromatic carbocycles. The lowest BCUT2D eigenvalue weighted by Gasteiger charge is -2.00. The van der Waals surface area contributed by atoms with Crippen molar-refractivity contribution in [1.29, 1.82) is 0 Å². The first-order valence-electron chi connectivity index (χ1n) is 3.74. The molecule has 13 heavy (non-hydrogen) atoms. The first-order valence-corrected chi connectivity index (χ1v) is 3.74. The summed E-state index contributed by atoms with van der Waals surface area (Å²) in [5.41, 5.74) is -0.881. The van der Waals surface area contributed by atoms with Gasteiger partial charge >= 0.3 is 5.97 Å². The van der Waals surface area contributed by atoms with E-state index in [4.69, 9.17) is 5.11 Å². The second-order valence-electron chi connectivity index (χ2n) is 2.54. The van der Waals surface area contributed by atoms with E-state index in [9.17, 15) is 14.7 Å². The van der Waals surface area contributed by atoms with Crippen LogP contribution < -0.4 is 5.56 Å². The molecule has 5 heteroatoms. The topological polar surface area (TPSA) is 90.4 Å². The van der Waals surface area contributed by atoms with Gasteiger partial charge in [-0.15, -0.1) is 0 Å². The number of hydrogen-bond donors (Lipinski definition) is 3. The third-order valence-electron chi connectivity index (χ3n) is 1.66. The molecule has 5 nitrogen and oxygen atoms in total. The van der Waals surface area contributed by atoms with E-state index in [1.165, 1.54) is 6.07 Å². The predicted molar refractivity (Wildman–Crippen MR) is 45.1 cm³/mol. The summed E-state index contributed by atoms with van der Waals surface area (Å²) in [6, 6.07) is 1.24. The highest BCUT2D eigenvalue weighted by atomic mass is 16.4. The van der Waals surface area contributed by atoms with Crippen LogP contribution in [0.1, 0.15) is 23.0 Å². The lowest BCUT2D eigenvalue weighted by atomic mass is 10.2. The Kier molecular flexibility index (Phi) is 2.36. The van der Waals surface area contributed by atoms with Gasteiger partial charge in [-0.2, -0.15) is 0 Å². The predicted octanol–water partition coefficient (Wildman–Crippen LogP) is 0.341. The molecule has 1 aromatic heterocycles. The SMILES string of the molecule is CCc1cc(O)c(C(=O)O)c(=O)[nH]1. The Bertz CT molecular complexity index is 394. The summed E-state index contributed by atoms with van der Waals surface area (Å²) in [5, 5.41) is 17.7. The van der Waals surface area contributed by atoms with Crippen LogP contribution in [-0.2, 0) is 6.42 Å². The lowest BCUT2D eigenvalue weighted by Crippen LogP contribution is -2.18. The Morgan fingerprint density at radius 1 is 1.62 bits per heavy atom. The van der Waals surface area contributed by atoms with Gasteiger partial charge in [0.25, 0.3) is 5.56 Å². The van der Waals surface area contributed by atoms with E-state index in [0.717, 1.165) is 0 Å². The minimum absolute atomic E-state index is 0.492. The van der Waals surface area contributed by atoms with Crippen LogP contribution in [0.15, 0.2) is 10.9 Å². The number of aryl methyl sites for hydroxylation is 1.